The Balaban J connectivity index is 2.77. The van der Waals surface area contributed by atoms with Crippen LogP contribution in [0.2, 0.25) is 0 Å². The largest absolute Gasteiger partial charge is 0.508 e. The zero-order valence-electron chi connectivity index (χ0n) is 15.6. The number of phenols is 1. The molecule has 150 valence electrons. The normalized spacial score (nSPS) is 12.7. The second-order valence-corrected chi connectivity index (χ2v) is 8.84. The smallest absolute Gasteiger partial charge is 0.407 e. The fourth-order valence-electron chi connectivity index (χ4n) is 1.95. The highest BCUT2D eigenvalue weighted by molar-refractivity contribution is 7.94. The summed E-state index contributed by atoms with van der Waals surface area (Å²) in [5, 5.41) is 12.5. The van der Waals surface area contributed by atoms with Gasteiger partial charge in [-0.05, 0) is 38.5 Å². The van der Waals surface area contributed by atoms with Crippen molar-refractivity contribution in [2.24, 2.45) is 0 Å². The van der Waals surface area contributed by atoms with Gasteiger partial charge in [-0.1, -0.05) is 18.7 Å². The van der Waals surface area contributed by atoms with Crippen LogP contribution >= 0.6 is 0 Å². The Morgan fingerprint density at radius 1 is 1.26 bits per heavy atom. The molecule has 1 amide bonds. The van der Waals surface area contributed by atoms with Gasteiger partial charge in [0.1, 0.15) is 24.0 Å². The highest BCUT2D eigenvalue weighted by atomic mass is 32.2. The van der Waals surface area contributed by atoms with Crippen LogP contribution in [0, 0.1) is 0 Å². The van der Waals surface area contributed by atoms with Crippen molar-refractivity contribution >= 4 is 21.9 Å². The lowest BCUT2D eigenvalue weighted by molar-refractivity contribution is -0.157. The number of aromatic hydroxyl groups is 1. The van der Waals surface area contributed by atoms with Crippen LogP contribution < -0.4 is 5.32 Å². The molecule has 0 spiro atoms. The fraction of sp³-hybridized carbons (Fsp3) is 0.444. The molecule has 0 saturated heterocycles. The Morgan fingerprint density at radius 3 is 2.37 bits per heavy atom. The third-order valence-electron chi connectivity index (χ3n) is 3.21. The summed E-state index contributed by atoms with van der Waals surface area (Å²) < 4.78 is 32.8. The first-order valence-corrected chi connectivity index (χ1v) is 9.92. The number of amides is 1. The summed E-state index contributed by atoms with van der Waals surface area (Å²) in [6, 6.07) is 5.09. The molecule has 27 heavy (non-hydrogen) atoms. The first-order chi connectivity index (χ1) is 12.4. The Kier molecular flexibility index (Phi) is 7.83. The number of hydrogen-bond acceptors (Lipinski definition) is 7. The molecule has 0 heterocycles. The molecule has 0 aliphatic heterocycles. The van der Waals surface area contributed by atoms with Gasteiger partial charge in [0.25, 0.3) is 0 Å². The number of hydrogen-bond donors (Lipinski definition) is 2. The number of nitrogens with one attached hydrogen (secondary N) is 1. The van der Waals surface area contributed by atoms with Crippen molar-refractivity contribution in [2.45, 2.75) is 38.8 Å². The predicted octanol–water partition coefficient (Wildman–Crippen LogP) is 1.93. The van der Waals surface area contributed by atoms with Crippen molar-refractivity contribution in [2.75, 3.05) is 12.4 Å². The molecule has 1 aromatic carbocycles. The van der Waals surface area contributed by atoms with Gasteiger partial charge in [-0.15, -0.1) is 0 Å². The minimum absolute atomic E-state index is 0.0726. The van der Waals surface area contributed by atoms with E-state index in [1.165, 1.54) is 12.1 Å². The summed E-state index contributed by atoms with van der Waals surface area (Å²) in [4.78, 5) is 24.3. The Hall–Kier alpha value is -2.55. The van der Waals surface area contributed by atoms with E-state index in [-0.39, 0.29) is 18.8 Å². The second kappa shape index (κ2) is 9.40. The molecule has 2 N–H and O–H groups in total. The SMILES string of the molecule is C=CS(=O)(=O)CCOC(=O)N[C@@H](Cc1ccc(O)cc1)C(=O)OC(C)(C)C. The van der Waals surface area contributed by atoms with Crippen LogP contribution in [0.1, 0.15) is 26.3 Å². The molecular formula is C18H25NO7S. The molecule has 0 aromatic heterocycles. The maximum Gasteiger partial charge on any atom is 0.407 e. The van der Waals surface area contributed by atoms with E-state index >= 15 is 0 Å². The molecule has 9 heteroatoms. The standard InChI is InChI=1S/C18H25NO7S/c1-5-27(23,24)11-10-25-17(22)19-15(16(21)26-18(2,3)4)12-13-6-8-14(20)9-7-13/h5-9,15,20H,1,10-12H2,2-4H3,(H,19,22)/t15-/m0/s1. The van der Waals surface area contributed by atoms with Gasteiger partial charge in [0.05, 0.1) is 5.75 Å². The quantitative estimate of drug-likeness (QED) is 0.641. The zero-order valence-corrected chi connectivity index (χ0v) is 16.4. The lowest BCUT2D eigenvalue weighted by Gasteiger charge is -2.24. The van der Waals surface area contributed by atoms with Crippen LogP contribution in [0.5, 0.6) is 5.75 Å². The van der Waals surface area contributed by atoms with E-state index < -0.39 is 39.3 Å². The molecule has 0 aliphatic rings. The van der Waals surface area contributed by atoms with Crippen LogP contribution in [0.4, 0.5) is 4.79 Å². The average Bonchev–Trinajstić information content (AvgIpc) is 2.54. The van der Waals surface area contributed by atoms with E-state index in [2.05, 4.69) is 11.9 Å². The Labute approximate surface area is 159 Å². The average molecular weight is 399 g/mol. The maximum atomic E-state index is 12.4. The number of rotatable bonds is 8. The lowest BCUT2D eigenvalue weighted by Crippen LogP contribution is -2.46. The van der Waals surface area contributed by atoms with E-state index in [1.54, 1.807) is 32.9 Å². The topological polar surface area (TPSA) is 119 Å². The molecule has 0 radical (unpaired) electrons. The summed E-state index contributed by atoms with van der Waals surface area (Å²) in [7, 11) is -3.49. The fourth-order valence-corrected chi connectivity index (χ4v) is 2.43. The van der Waals surface area contributed by atoms with Crippen molar-refractivity contribution in [1.82, 2.24) is 5.32 Å². The number of ether oxygens (including phenoxy) is 2. The monoisotopic (exact) mass is 399 g/mol. The highest BCUT2D eigenvalue weighted by Gasteiger charge is 2.27. The first-order valence-electron chi connectivity index (χ1n) is 8.21. The number of carbonyl (C=O) groups excluding carboxylic acids is 2. The third-order valence-corrected chi connectivity index (χ3v) is 4.46. The van der Waals surface area contributed by atoms with Crippen LogP contribution in [0.15, 0.2) is 36.3 Å². The number of esters is 1. The van der Waals surface area contributed by atoms with Gasteiger partial charge in [-0.25, -0.2) is 18.0 Å². The van der Waals surface area contributed by atoms with E-state index in [9.17, 15) is 23.1 Å². The maximum absolute atomic E-state index is 12.4. The van der Waals surface area contributed by atoms with Crippen molar-refractivity contribution in [3.8, 4) is 5.75 Å². The zero-order chi connectivity index (χ0) is 20.7. The number of sulfone groups is 1. The Bertz CT molecular complexity index is 764. The minimum Gasteiger partial charge on any atom is -0.508 e. The van der Waals surface area contributed by atoms with Gasteiger partial charge in [-0.2, -0.15) is 0 Å². The van der Waals surface area contributed by atoms with Gasteiger partial charge in [-0.3, -0.25) is 0 Å². The Morgan fingerprint density at radius 2 is 1.85 bits per heavy atom. The molecule has 1 aromatic rings. The van der Waals surface area contributed by atoms with Gasteiger partial charge in [0.15, 0.2) is 9.84 Å². The van der Waals surface area contributed by atoms with E-state index in [0.29, 0.717) is 5.56 Å². The van der Waals surface area contributed by atoms with Crippen LogP contribution in [0.3, 0.4) is 0 Å². The van der Waals surface area contributed by atoms with Gasteiger partial charge >= 0.3 is 12.1 Å². The van der Waals surface area contributed by atoms with Crippen LogP contribution in [0.25, 0.3) is 0 Å². The molecule has 0 fully saturated rings. The van der Waals surface area contributed by atoms with Gasteiger partial charge in [0, 0.05) is 11.8 Å². The molecule has 0 unspecified atom stereocenters. The molecule has 1 atom stereocenters. The second-order valence-electron chi connectivity index (χ2n) is 6.77. The number of carbonyl (C=O) groups is 2. The highest BCUT2D eigenvalue weighted by Crippen LogP contribution is 2.14. The molecular weight excluding hydrogens is 374 g/mol. The summed E-state index contributed by atoms with van der Waals surface area (Å²) in [5.41, 5.74) is -0.0772. The number of phenolic OH excluding ortho intramolecular Hbond substituents is 1. The van der Waals surface area contributed by atoms with Crippen molar-refractivity contribution in [3.05, 3.63) is 41.8 Å². The van der Waals surface area contributed by atoms with E-state index in [1.807, 2.05) is 0 Å². The summed E-state index contributed by atoms with van der Waals surface area (Å²) in [6.07, 6.45) is -0.834. The summed E-state index contributed by atoms with van der Waals surface area (Å²) >= 11 is 0. The molecule has 0 aliphatic carbocycles. The predicted molar refractivity (Wildman–Crippen MR) is 99.9 cm³/mol. The lowest BCUT2D eigenvalue weighted by atomic mass is 10.1. The summed E-state index contributed by atoms with van der Waals surface area (Å²) in [5.74, 6) is -0.992. The molecule has 0 bridgehead atoms. The van der Waals surface area contributed by atoms with Gasteiger partial charge < -0.3 is 19.9 Å². The van der Waals surface area contributed by atoms with E-state index in [0.717, 1.165) is 5.41 Å². The molecule has 8 nitrogen and oxygen atoms in total. The van der Waals surface area contributed by atoms with Gasteiger partial charge in [0.2, 0.25) is 0 Å². The van der Waals surface area contributed by atoms with Crippen molar-refractivity contribution in [3.63, 3.8) is 0 Å². The van der Waals surface area contributed by atoms with Crippen LogP contribution in [-0.4, -0.2) is 49.6 Å². The summed E-state index contributed by atoms with van der Waals surface area (Å²) in [6.45, 7) is 7.88. The number of benzene rings is 1. The third kappa shape index (κ3) is 9.09. The molecule has 0 saturated carbocycles. The first kappa shape index (κ1) is 22.5. The minimum atomic E-state index is -3.49. The molecule has 1 rings (SSSR count). The number of alkyl carbamates (subject to hydrolysis) is 1. The van der Waals surface area contributed by atoms with E-state index in [4.69, 9.17) is 9.47 Å². The van der Waals surface area contributed by atoms with Crippen molar-refractivity contribution in [1.29, 1.82) is 0 Å². The van der Waals surface area contributed by atoms with Crippen LogP contribution in [-0.2, 0) is 30.5 Å². The van der Waals surface area contributed by atoms with Crippen molar-refractivity contribution < 1.29 is 32.6 Å².